The van der Waals surface area contributed by atoms with Gasteiger partial charge in [-0.15, -0.1) is 0 Å². The van der Waals surface area contributed by atoms with E-state index in [1.165, 1.54) is 32.7 Å². The number of benzene rings is 2. The fraction of sp³-hybridized carbons (Fsp3) is 0.100. The van der Waals surface area contributed by atoms with E-state index in [0.29, 0.717) is 0 Å². The molecule has 2 bridgehead atoms. The number of fused-ring (bicyclic) bond motifs is 1. The van der Waals surface area contributed by atoms with Crippen molar-refractivity contribution >= 4 is 24.3 Å². The third-order valence-electron chi connectivity index (χ3n) is 4.83. The van der Waals surface area contributed by atoms with Gasteiger partial charge < -0.3 is 0 Å². The molecule has 0 saturated carbocycles. The summed E-state index contributed by atoms with van der Waals surface area (Å²) in [4.78, 5) is 0. The van der Waals surface area contributed by atoms with Crippen LogP contribution in [0.1, 0.15) is 16.7 Å². The molecule has 20 heavy (non-hydrogen) atoms. The van der Waals surface area contributed by atoms with E-state index in [4.69, 9.17) is 0 Å². The third-order valence-corrected chi connectivity index (χ3v) is 4.83. The van der Waals surface area contributed by atoms with Crippen LogP contribution < -0.4 is 10.4 Å². The minimum atomic E-state index is 0.0791. The Bertz CT molecular complexity index is 925. The molecule has 0 nitrogen and oxygen atoms in total. The first-order valence-corrected chi connectivity index (χ1v) is 7.17. The number of hydrogen-bond donors (Lipinski definition) is 0. The van der Waals surface area contributed by atoms with E-state index in [1.807, 2.05) is 0 Å². The van der Waals surface area contributed by atoms with Crippen LogP contribution in [-0.4, -0.2) is 0 Å². The average Bonchev–Trinajstić information content (AvgIpc) is 2.49. The topological polar surface area (TPSA) is 0 Å². The summed E-state index contributed by atoms with van der Waals surface area (Å²) >= 11 is 0. The van der Waals surface area contributed by atoms with Crippen molar-refractivity contribution < 1.29 is 0 Å². The maximum absolute atomic E-state index is 2.47. The average molecular weight is 254 g/mol. The Kier molecular flexibility index (Phi) is 1.78. The Labute approximate surface area is 118 Å². The number of rotatable bonds is 0. The van der Waals surface area contributed by atoms with Gasteiger partial charge in [-0.25, -0.2) is 0 Å². The minimum Gasteiger partial charge on any atom is -0.0692 e. The van der Waals surface area contributed by atoms with E-state index in [1.54, 1.807) is 0 Å². The molecule has 2 aromatic carbocycles. The summed E-state index contributed by atoms with van der Waals surface area (Å²) in [5.74, 6) is 0. The van der Waals surface area contributed by atoms with Crippen LogP contribution >= 0.6 is 0 Å². The molecule has 0 saturated heterocycles. The van der Waals surface area contributed by atoms with Crippen LogP contribution in [0.5, 0.6) is 0 Å². The van der Waals surface area contributed by atoms with Crippen molar-refractivity contribution in [1.82, 2.24) is 0 Å². The molecule has 0 radical (unpaired) electrons. The van der Waals surface area contributed by atoms with Gasteiger partial charge in [0.1, 0.15) is 0 Å². The molecule has 0 heteroatoms. The molecule has 94 valence electrons. The van der Waals surface area contributed by atoms with E-state index >= 15 is 0 Å². The highest BCUT2D eigenvalue weighted by Crippen LogP contribution is 2.44. The Morgan fingerprint density at radius 2 is 1.75 bits per heavy atom. The summed E-state index contributed by atoms with van der Waals surface area (Å²) in [5.41, 5.74) is 5.68. The van der Waals surface area contributed by atoms with Crippen LogP contribution in [0.2, 0.25) is 0 Å². The summed E-state index contributed by atoms with van der Waals surface area (Å²) < 4.78 is 0. The van der Waals surface area contributed by atoms with E-state index in [0.717, 1.165) is 6.42 Å². The lowest BCUT2D eigenvalue weighted by Gasteiger charge is -2.37. The van der Waals surface area contributed by atoms with E-state index < -0.39 is 0 Å². The van der Waals surface area contributed by atoms with Crippen LogP contribution in [0.4, 0.5) is 0 Å². The fourth-order valence-corrected chi connectivity index (χ4v) is 3.77. The standard InChI is InChI=1S/C20H14/c1-2-5-17-12-20-9-8-14-6-3-7-16(19(14)13-20)11-18(20)10-15(17)4-1/h1-11,13H,12H2. The zero-order valence-electron chi connectivity index (χ0n) is 11.1. The van der Waals surface area contributed by atoms with Crippen LogP contribution in [0, 0.1) is 5.41 Å². The van der Waals surface area contributed by atoms with Gasteiger partial charge in [-0.1, -0.05) is 66.8 Å². The van der Waals surface area contributed by atoms with Gasteiger partial charge in [-0.3, -0.25) is 0 Å². The molecule has 2 aromatic rings. The lowest BCUT2D eigenvalue weighted by molar-refractivity contribution is 0.632. The van der Waals surface area contributed by atoms with E-state index in [2.05, 4.69) is 72.8 Å². The lowest BCUT2D eigenvalue weighted by atomic mass is 9.66. The molecule has 1 unspecified atom stereocenters. The minimum absolute atomic E-state index is 0.0791. The third kappa shape index (κ3) is 1.21. The maximum atomic E-state index is 2.47. The predicted octanol–water partition coefficient (Wildman–Crippen LogP) is 2.91. The molecule has 3 aliphatic rings. The molecular weight excluding hydrogens is 240 g/mol. The molecule has 0 aliphatic heterocycles. The Hall–Kier alpha value is -2.34. The highest BCUT2D eigenvalue weighted by Gasteiger charge is 2.35. The van der Waals surface area contributed by atoms with Crippen LogP contribution in [0.25, 0.3) is 24.3 Å². The van der Waals surface area contributed by atoms with Crippen molar-refractivity contribution in [2.45, 2.75) is 6.42 Å². The first-order valence-electron chi connectivity index (χ1n) is 7.17. The predicted molar refractivity (Wildman–Crippen MR) is 84.2 cm³/mol. The van der Waals surface area contributed by atoms with Gasteiger partial charge in [0.2, 0.25) is 0 Å². The van der Waals surface area contributed by atoms with E-state index in [-0.39, 0.29) is 5.41 Å². The van der Waals surface area contributed by atoms with Gasteiger partial charge in [0.25, 0.3) is 0 Å². The SMILES string of the molecule is C1=CC23C=c4c1cccc4=CC2=Cc1ccccc1C3. The molecule has 1 atom stereocenters. The number of allylic oxidation sites excluding steroid dienone is 2. The van der Waals surface area contributed by atoms with Gasteiger partial charge in [0, 0.05) is 5.41 Å². The summed E-state index contributed by atoms with van der Waals surface area (Å²) in [6.45, 7) is 0. The Morgan fingerprint density at radius 3 is 2.75 bits per heavy atom. The summed E-state index contributed by atoms with van der Waals surface area (Å²) in [6, 6.07) is 15.3. The van der Waals surface area contributed by atoms with Gasteiger partial charge in [0.15, 0.2) is 0 Å². The molecule has 0 heterocycles. The molecule has 3 aliphatic carbocycles. The first kappa shape index (κ1) is 10.4. The normalized spacial score (nSPS) is 23.9. The molecular formula is C20H14. The molecule has 0 N–H and O–H groups in total. The number of hydrogen-bond acceptors (Lipinski definition) is 0. The van der Waals surface area contributed by atoms with Gasteiger partial charge >= 0.3 is 0 Å². The second-order valence-electron chi connectivity index (χ2n) is 5.99. The Balaban J connectivity index is 1.90. The first-order chi connectivity index (χ1) is 9.84. The van der Waals surface area contributed by atoms with Crippen molar-refractivity contribution in [3.63, 3.8) is 0 Å². The van der Waals surface area contributed by atoms with Crippen molar-refractivity contribution in [3.05, 3.63) is 81.2 Å². The zero-order valence-corrected chi connectivity index (χ0v) is 11.1. The monoisotopic (exact) mass is 254 g/mol. The van der Waals surface area contributed by atoms with Crippen LogP contribution in [0.3, 0.4) is 0 Å². The zero-order chi connectivity index (χ0) is 13.2. The largest absolute Gasteiger partial charge is 0.0692 e. The van der Waals surface area contributed by atoms with Crippen molar-refractivity contribution in [3.8, 4) is 0 Å². The molecule has 1 spiro atoms. The van der Waals surface area contributed by atoms with Gasteiger partial charge in [0.05, 0.1) is 0 Å². The summed E-state index contributed by atoms with van der Waals surface area (Å²) in [5, 5.41) is 2.76. The van der Waals surface area contributed by atoms with E-state index in [9.17, 15) is 0 Å². The highest BCUT2D eigenvalue weighted by atomic mass is 14.4. The second kappa shape index (κ2) is 3.40. The summed E-state index contributed by atoms with van der Waals surface area (Å²) in [7, 11) is 0. The van der Waals surface area contributed by atoms with Crippen molar-refractivity contribution in [2.75, 3.05) is 0 Å². The fourth-order valence-electron chi connectivity index (χ4n) is 3.77. The van der Waals surface area contributed by atoms with Crippen LogP contribution in [-0.2, 0) is 6.42 Å². The highest BCUT2D eigenvalue weighted by molar-refractivity contribution is 5.82. The Morgan fingerprint density at radius 1 is 0.850 bits per heavy atom. The molecule has 0 amide bonds. The molecule has 0 fully saturated rings. The van der Waals surface area contributed by atoms with Gasteiger partial charge in [-0.05, 0) is 45.2 Å². The van der Waals surface area contributed by atoms with Crippen molar-refractivity contribution in [1.29, 1.82) is 0 Å². The molecule has 5 rings (SSSR count). The van der Waals surface area contributed by atoms with Crippen LogP contribution in [0.15, 0.2) is 54.1 Å². The quantitative estimate of drug-likeness (QED) is 0.678. The smallest absolute Gasteiger partial charge is 0.0365 e. The maximum Gasteiger partial charge on any atom is 0.0365 e. The van der Waals surface area contributed by atoms with Gasteiger partial charge in [-0.2, -0.15) is 0 Å². The summed E-state index contributed by atoms with van der Waals surface area (Å²) in [6.07, 6.45) is 13.0. The molecule has 0 aromatic heterocycles. The second-order valence-corrected chi connectivity index (χ2v) is 5.99. The van der Waals surface area contributed by atoms with Crippen molar-refractivity contribution in [2.24, 2.45) is 5.41 Å². The lowest BCUT2D eigenvalue weighted by Crippen LogP contribution is -2.40.